The Balaban J connectivity index is 1.58. The van der Waals surface area contributed by atoms with Crippen LogP contribution in [-0.4, -0.2) is 37.2 Å². The van der Waals surface area contributed by atoms with E-state index in [-0.39, 0.29) is 0 Å². The third-order valence-corrected chi connectivity index (χ3v) is 4.67. The van der Waals surface area contributed by atoms with Crippen LogP contribution in [0.3, 0.4) is 0 Å². The molecular formula is C17H21BrN2O3. The van der Waals surface area contributed by atoms with Gasteiger partial charge in [0.2, 0.25) is 0 Å². The highest BCUT2D eigenvalue weighted by Gasteiger charge is 2.15. The zero-order chi connectivity index (χ0) is 16.2. The molecule has 0 saturated carbocycles. The van der Waals surface area contributed by atoms with Gasteiger partial charge in [0.15, 0.2) is 0 Å². The van der Waals surface area contributed by atoms with E-state index in [1.165, 1.54) is 6.07 Å². The molecule has 2 aromatic rings. The molecule has 0 spiro atoms. The zero-order valence-electron chi connectivity index (χ0n) is 13.0. The molecule has 2 heterocycles. The van der Waals surface area contributed by atoms with Crippen molar-refractivity contribution in [2.45, 2.75) is 25.3 Å². The molecule has 5 nitrogen and oxygen atoms in total. The molecule has 124 valence electrons. The number of nitrogens with zero attached hydrogens (tertiary/aromatic N) is 1. The van der Waals surface area contributed by atoms with Crippen LogP contribution < -0.4 is 16.1 Å². The van der Waals surface area contributed by atoms with Gasteiger partial charge in [0.1, 0.15) is 11.3 Å². The average Bonchev–Trinajstić information content (AvgIpc) is 2.52. The minimum atomic E-state index is -0.393. The lowest BCUT2D eigenvalue weighted by atomic mass is 10.1. The van der Waals surface area contributed by atoms with E-state index in [2.05, 4.69) is 20.8 Å². The van der Waals surface area contributed by atoms with Gasteiger partial charge >= 0.3 is 5.63 Å². The van der Waals surface area contributed by atoms with E-state index in [0.717, 1.165) is 48.8 Å². The predicted molar refractivity (Wildman–Crippen MR) is 93.9 cm³/mol. The van der Waals surface area contributed by atoms with E-state index in [1.54, 1.807) is 6.07 Å². The Labute approximate surface area is 143 Å². The van der Waals surface area contributed by atoms with Gasteiger partial charge in [-0.1, -0.05) is 15.9 Å². The Morgan fingerprint density at radius 1 is 1.30 bits per heavy atom. The van der Waals surface area contributed by atoms with Crippen molar-refractivity contribution in [2.24, 2.45) is 5.73 Å². The monoisotopic (exact) mass is 380 g/mol. The number of nitrogens with two attached hydrogens (primary N) is 1. The zero-order valence-corrected chi connectivity index (χ0v) is 14.5. The van der Waals surface area contributed by atoms with Gasteiger partial charge in [-0.05, 0) is 50.6 Å². The van der Waals surface area contributed by atoms with E-state index in [9.17, 15) is 4.79 Å². The molecule has 1 fully saturated rings. The normalized spacial score (nSPS) is 16.8. The number of benzene rings is 1. The van der Waals surface area contributed by atoms with Crippen LogP contribution in [0.15, 0.2) is 37.9 Å². The number of rotatable bonds is 5. The minimum Gasteiger partial charge on any atom is -0.492 e. The molecule has 0 radical (unpaired) electrons. The summed E-state index contributed by atoms with van der Waals surface area (Å²) in [5.41, 5.74) is 6.05. The molecule has 1 aromatic carbocycles. The lowest BCUT2D eigenvalue weighted by Crippen LogP contribution is -2.40. The van der Waals surface area contributed by atoms with Gasteiger partial charge in [0.25, 0.3) is 0 Å². The van der Waals surface area contributed by atoms with Crippen molar-refractivity contribution in [1.82, 2.24) is 4.90 Å². The molecule has 0 atom stereocenters. The first kappa shape index (κ1) is 16.5. The summed E-state index contributed by atoms with van der Waals surface area (Å²) in [6, 6.07) is 7.35. The molecule has 0 aliphatic carbocycles. The van der Waals surface area contributed by atoms with Gasteiger partial charge in [-0.15, -0.1) is 0 Å². The number of piperidine rings is 1. The van der Waals surface area contributed by atoms with Crippen LogP contribution in [-0.2, 0) is 0 Å². The molecule has 1 aliphatic rings. The third kappa shape index (κ3) is 4.34. The SMILES string of the molecule is NC1CCN(CCCOc2cc(=O)oc3cc(Br)ccc23)CC1. The molecule has 1 saturated heterocycles. The second-order valence-corrected chi connectivity index (χ2v) is 6.87. The van der Waals surface area contributed by atoms with Crippen LogP contribution >= 0.6 is 15.9 Å². The molecule has 1 aliphatic heterocycles. The summed E-state index contributed by atoms with van der Waals surface area (Å²) < 4.78 is 11.9. The topological polar surface area (TPSA) is 68.7 Å². The lowest BCUT2D eigenvalue weighted by molar-refractivity contribution is 0.194. The molecule has 6 heteroatoms. The maximum absolute atomic E-state index is 11.6. The molecule has 2 N–H and O–H groups in total. The van der Waals surface area contributed by atoms with Gasteiger partial charge < -0.3 is 19.8 Å². The van der Waals surface area contributed by atoms with E-state index in [0.29, 0.717) is 24.0 Å². The van der Waals surface area contributed by atoms with Crippen molar-refractivity contribution >= 4 is 26.9 Å². The highest BCUT2D eigenvalue weighted by Crippen LogP contribution is 2.26. The lowest BCUT2D eigenvalue weighted by Gasteiger charge is -2.29. The Morgan fingerprint density at radius 2 is 2.09 bits per heavy atom. The Kier molecular flexibility index (Phi) is 5.35. The fraction of sp³-hybridized carbons (Fsp3) is 0.471. The van der Waals surface area contributed by atoms with Gasteiger partial charge in [0.05, 0.1) is 18.1 Å². The molecule has 23 heavy (non-hydrogen) atoms. The van der Waals surface area contributed by atoms with Crippen molar-refractivity contribution in [2.75, 3.05) is 26.2 Å². The van der Waals surface area contributed by atoms with Crippen LogP contribution in [0, 0.1) is 0 Å². The summed E-state index contributed by atoms with van der Waals surface area (Å²) in [5.74, 6) is 0.587. The quantitative estimate of drug-likeness (QED) is 0.637. The third-order valence-electron chi connectivity index (χ3n) is 4.18. The number of likely N-dealkylation sites (tertiary alicyclic amines) is 1. The summed E-state index contributed by atoms with van der Waals surface area (Å²) >= 11 is 3.38. The first-order valence-electron chi connectivity index (χ1n) is 7.96. The summed E-state index contributed by atoms with van der Waals surface area (Å²) in [6.07, 6.45) is 3.06. The maximum Gasteiger partial charge on any atom is 0.339 e. The number of hydrogen-bond acceptors (Lipinski definition) is 5. The number of ether oxygens (including phenoxy) is 1. The van der Waals surface area contributed by atoms with Crippen LogP contribution in [0.1, 0.15) is 19.3 Å². The summed E-state index contributed by atoms with van der Waals surface area (Å²) in [5, 5.41) is 0.816. The summed E-state index contributed by atoms with van der Waals surface area (Å²) in [4.78, 5) is 14.1. The van der Waals surface area contributed by atoms with E-state index in [1.807, 2.05) is 12.1 Å². The second kappa shape index (κ2) is 7.47. The molecule has 1 aromatic heterocycles. The van der Waals surface area contributed by atoms with E-state index < -0.39 is 5.63 Å². The highest BCUT2D eigenvalue weighted by atomic mass is 79.9. The average molecular weight is 381 g/mol. The molecule has 3 rings (SSSR count). The first-order valence-corrected chi connectivity index (χ1v) is 8.75. The van der Waals surface area contributed by atoms with Crippen molar-refractivity contribution in [3.05, 3.63) is 39.2 Å². The Hall–Kier alpha value is -1.37. The Bertz CT molecular complexity index is 723. The van der Waals surface area contributed by atoms with Crippen molar-refractivity contribution < 1.29 is 9.15 Å². The molecule has 0 amide bonds. The minimum absolute atomic E-state index is 0.358. The largest absolute Gasteiger partial charge is 0.492 e. The number of hydrogen-bond donors (Lipinski definition) is 1. The highest BCUT2D eigenvalue weighted by molar-refractivity contribution is 9.10. The Morgan fingerprint density at radius 3 is 2.87 bits per heavy atom. The van der Waals surface area contributed by atoms with Gasteiger partial charge in [-0.2, -0.15) is 0 Å². The van der Waals surface area contributed by atoms with Gasteiger partial charge in [-0.25, -0.2) is 4.79 Å². The van der Waals surface area contributed by atoms with Crippen molar-refractivity contribution in [1.29, 1.82) is 0 Å². The van der Waals surface area contributed by atoms with Crippen molar-refractivity contribution in [3.63, 3.8) is 0 Å². The predicted octanol–water partition coefficient (Wildman–Crippen LogP) is 2.75. The van der Waals surface area contributed by atoms with Crippen LogP contribution in [0.4, 0.5) is 0 Å². The second-order valence-electron chi connectivity index (χ2n) is 5.95. The molecule has 0 unspecified atom stereocenters. The fourth-order valence-corrected chi connectivity index (χ4v) is 3.21. The number of halogens is 1. The smallest absolute Gasteiger partial charge is 0.339 e. The van der Waals surface area contributed by atoms with Gasteiger partial charge in [-0.3, -0.25) is 0 Å². The summed E-state index contributed by atoms with van der Waals surface area (Å²) in [6.45, 7) is 3.70. The molecule has 0 bridgehead atoms. The van der Waals surface area contributed by atoms with Crippen LogP contribution in [0.2, 0.25) is 0 Å². The standard InChI is InChI=1S/C17H21BrN2O3/c18-12-2-3-14-15(11-17(21)23-16(14)10-12)22-9-1-6-20-7-4-13(19)5-8-20/h2-3,10-11,13H,1,4-9,19H2. The maximum atomic E-state index is 11.6. The number of fused-ring (bicyclic) bond motifs is 1. The summed E-state index contributed by atoms with van der Waals surface area (Å²) in [7, 11) is 0. The van der Waals surface area contributed by atoms with E-state index in [4.69, 9.17) is 14.9 Å². The van der Waals surface area contributed by atoms with Crippen molar-refractivity contribution in [3.8, 4) is 5.75 Å². The van der Waals surface area contributed by atoms with Gasteiger partial charge in [0, 0.05) is 17.1 Å². The van der Waals surface area contributed by atoms with Crippen LogP contribution in [0.25, 0.3) is 11.0 Å². The molecular weight excluding hydrogens is 360 g/mol. The van der Waals surface area contributed by atoms with E-state index >= 15 is 0 Å². The first-order chi connectivity index (χ1) is 11.1. The fourth-order valence-electron chi connectivity index (χ4n) is 2.87. The van der Waals surface area contributed by atoms with Crippen LogP contribution in [0.5, 0.6) is 5.75 Å².